The molecule has 2 unspecified atom stereocenters. The number of aromatic hydroxyl groups is 1. The van der Waals surface area contributed by atoms with Gasteiger partial charge in [0.15, 0.2) is 11.9 Å². The number of ketones is 1. The van der Waals surface area contributed by atoms with E-state index in [0.29, 0.717) is 0 Å². The zero-order chi connectivity index (χ0) is 16.1. The highest BCUT2D eigenvalue weighted by molar-refractivity contribution is 14.1. The van der Waals surface area contributed by atoms with E-state index >= 15 is 0 Å². The summed E-state index contributed by atoms with van der Waals surface area (Å²) in [4.78, 5) is 27.8. The standard InChI is InChI=1S/C15H12INO5/c16-13(10-6-2-1-3-7-10)15(22-17(20)21)14(19)11-8-4-5-9-12(11)18/h1-9,13,15,18H. The van der Waals surface area contributed by atoms with Crippen molar-refractivity contribution in [2.45, 2.75) is 10.0 Å². The smallest absolute Gasteiger partial charge is 0.295 e. The van der Waals surface area contributed by atoms with E-state index in [2.05, 4.69) is 4.84 Å². The van der Waals surface area contributed by atoms with Crippen molar-refractivity contribution < 1.29 is 19.8 Å². The van der Waals surface area contributed by atoms with Crippen molar-refractivity contribution in [3.63, 3.8) is 0 Å². The molecule has 0 heterocycles. The summed E-state index contributed by atoms with van der Waals surface area (Å²) in [7, 11) is 0. The van der Waals surface area contributed by atoms with Crippen molar-refractivity contribution in [2.24, 2.45) is 0 Å². The highest BCUT2D eigenvalue weighted by atomic mass is 127. The third-order valence-corrected chi connectivity index (χ3v) is 4.38. The van der Waals surface area contributed by atoms with Crippen LogP contribution in [-0.4, -0.2) is 22.1 Å². The molecule has 0 aliphatic carbocycles. The number of para-hydroxylation sites is 1. The first-order valence-corrected chi connectivity index (χ1v) is 7.57. The summed E-state index contributed by atoms with van der Waals surface area (Å²) < 4.78 is -0.573. The zero-order valence-electron chi connectivity index (χ0n) is 11.3. The Morgan fingerprint density at radius 2 is 1.73 bits per heavy atom. The normalized spacial score (nSPS) is 13.1. The quantitative estimate of drug-likeness (QED) is 0.258. The molecule has 0 fully saturated rings. The Morgan fingerprint density at radius 1 is 1.14 bits per heavy atom. The number of rotatable bonds is 6. The van der Waals surface area contributed by atoms with E-state index in [1.165, 1.54) is 12.1 Å². The van der Waals surface area contributed by atoms with Crippen LogP contribution in [0.15, 0.2) is 54.6 Å². The first-order chi connectivity index (χ1) is 10.5. The number of alkyl halides is 1. The van der Waals surface area contributed by atoms with Gasteiger partial charge in [-0.3, -0.25) is 4.79 Å². The van der Waals surface area contributed by atoms with E-state index < -0.39 is 20.9 Å². The van der Waals surface area contributed by atoms with Crippen molar-refractivity contribution in [3.8, 4) is 5.75 Å². The Labute approximate surface area is 140 Å². The molecule has 0 saturated heterocycles. The van der Waals surface area contributed by atoms with Crippen LogP contribution in [0.2, 0.25) is 0 Å². The third kappa shape index (κ3) is 3.73. The summed E-state index contributed by atoms with van der Waals surface area (Å²) in [5.41, 5.74) is 0.714. The van der Waals surface area contributed by atoms with Crippen molar-refractivity contribution in [2.75, 3.05) is 0 Å². The van der Waals surface area contributed by atoms with Crippen LogP contribution in [-0.2, 0) is 4.84 Å². The number of halogens is 1. The number of phenols is 1. The Morgan fingerprint density at radius 3 is 2.32 bits per heavy atom. The number of benzene rings is 2. The first kappa shape index (κ1) is 16.2. The maximum atomic E-state index is 12.5. The topological polar surface area (TPSA) is 89.7 Å². The predicted octanol–water partition coefficient (Wildman–Crippen LogP) is 3.33. The van der Waals surface area contributed by atoms with Crippen LogP contribution < -0.4 is 0 Å². The number of carbonyl (C=O) groups is 1. The second-order valence-corrected chi connectivity index (χ2v) is 5.79. The van der Waals surface area contributed by atoms with Gasteiger partial charge < -0.3 is 9.94 Å². The number of nitrogens with zero attached hydrogens (tertiary/aromatic N) is 1. The lowest BCUT2D eigenvalue weighted by Gasteiger charge is -2.20. The monoisotopic (exact) mass is 413 g/mol. The van der Waals surface area contributed by atoms with E-state index in [0.717, 1.165) is 5.56 Å². The van der Waals surface area contributed by atoms with Crippen molar-refractivity contribution in [1.29, 1.82) is 0 Å². The lowest BCUT2D eigenvalue weighted by Crippen LogP contribution is -2.31. The van der Waals surface area contributed by atoms with Crippen LogP contribution in [0.4, 0.5) is 0 Å². The summed E-state index contributed by atoms with van der Waals surface area (Å²) in [5.74, 6) is -0.876. The molecule has 0 aromatic heterocycles. The molecule has 2 rings (SSSR count). The third-order valence-electron chi connectivity index (χ3n) is 3.01. The molecule has 114 valence electrons. The molecule has 1 N–H and O–H groups in total. The van der Waals surface area contributed by atoms with E-state index in [-0.39, 0.29) is 11.3 Å². The van der Waals surface area contributed by atoms with Gasteiger partial charge in [-0.2, -0.15) is 0 Å². The van der Waals surface area contributed by atoms with Gasteiger partial charge in [-0.25, -0.2) is 0 Å². The number of hydrogen-bond acceptors (Lipinski definition) is 5. The summed E-state index contributed by atoms with van der Waals surface area (Å²) in [5, 5.41) is 19.5. The summed E-state index contributed by atoms with van der Waals surface area (Å²) in [6, 6.07) is 14.8. The van der Waals surface area contributed by atoms with Gasteiger partial charge in [-0.15, -0.1) is 10.1 Å². The lowest BCUT2D eigenvalue weighted by atomic mass is 9.99. The van der Waals surface area contributed by atoms with Gasteiger partial charge in [0.25, 0.3) is 5.09 Å². The number of Topliss-reactive ketones (excluding diaryl/α,β-unsaturated/α-hetero) is 1. The molecule has 0 aliphatic rings. The van der Waals surface area contributed by atoms with E-state index in [1.807, 2.05) is 22.6 Å². The van der Waals surface area contributed by atoms with Crippen LogP contribution in [0.25, 0.3) is 0 Å². The highest BCUT2D eigenvalue weighted by Crippen LogP contribution is 2.32. The average molecular weight is 413 g/mol. The minimum atomic E-state index is -1.34. The average Bonchev–Trinajstić information content (AvgIpc) is 2.52. The van der Waals surface area contributed by atoms with Crippen molar-refractivity contribution in [1.82, 2.24) is 0 Å². The molecule has 22 heavy (non-hydrogen) atoms. The van der Waals surface area contributed by atoms with Gasteiger partial charge in [-0.1, -0.05) is 65.1 Å². The van der Waals surface area contributed by atoms with Gasteiger partial charge in [0.2, 0.25) is 0 Å². The lowest BCUT2D eigenvalue weighted by molar-refractivity contribution is -0.764. The van der Waals surface area contributed by atoms with Crippen LogP contribution in [0.1, 0.15) is 19.8 Å². The van der Waals surface area contributed by atoms with Crippen LogP contribution in [0.3, 0.4) is 0 Å². The van der Waals surface area contributed by atoms with Crippen LogP contribution in [0, 0.1) is 10.1 Å². The van der Waals surface area contributed by atoms with E-state index in [9.17, 15) is 20.0 Å². The molecule has 0 saturated carbocycles. The maximum Gasteiger partial charge on any atom is 0.295 e. The fraction of sp³-hybridized carbons (Fsp3) is 0.133. The molecular weight excluding hydrogens is 401 g/mol. The molecule has 6 nitrogen and oxygen atoms in total. The second-order valence-electron chi connectivity index (χ2n) is 4.44. The Balaban J connectivity index is 2.36. The van der Waals surface area contributed by atoms with Gasteiger partial charge in [0.1, 0.15) is 5.75 Å². The van der Waals surface area contributed by atoms with Crippen molar-refractivity contribution in [3.05, 3.63) is 75.8 Å². The zero-order valence-corrected chi connectivity index (χ0v) is 13.4. The first-order valence-electron chi connectivity index (χ1n) is 6.33. The Bertz CT molecular complexity index is 677. The Hall–Kier alpha value is -2.16. The van der Waals surface area contributed by atoms with Gasteiger partial charge in [0, 0.05) is 0 Å². The Kier molecular flexibility index (Phi) is 5.31. The molecule has 0 amide bonds. The van der Waals surface area contributed by atoms with Gasteiger partial charge in [0.05, 0.1) is 9.49 Å². The molecule has 0 spiro atoms. The number of carbonyl (C=O) groups excluding carboxylic acids is 1. The highest BCUT2D eigenvalue weighted by Gasteiger charge is 2.33. The van der Waals surface area contributed by atoms with Crippen molar-refractivity contribution >= 4 is 28.4 Å². The SMILES string of the molecule is O=C(c1ccccc1O)C(O[N+](=O)[O-])C(I)c1ccccc1. The van der Waals surface area contributed by atoms with Gasteiger partial charge in [-0.05, 0) is 17.7 Å². The fourth-order valence-electron chi connectivity index (χ4n) is 1.97. The molecular formula is C15H12INO5. The van der Waals surface area contributed by atoms with Crippen LogP contribution >= 0.6 is 22.6 Å². The molecule has 2 atom stereocenters. The molecule has 2 aromatic carbocycles. The minimum absolute atomic E-state index is 0.00746. The van der Waals surface area contributed by atoms with Crippen LogP contribution in [0.5, 0.6) is 5.75 Å². The maximum absolute atomic E-state index is 12.5. The fourth-order valence-corrected chi connectivity index (χ4v) is 2.85. The van der Waals surface area contributed by atoms with E-state index in [4.69, 9.17) is 0 Å². The number of phenolic OH excluding ortho intramolecular Hbond substituents is 1. The molecule has 2 aromatic rings. The summed E-state index contributed by atoms with van der Waals surface area (Å²) >= 11 is 1.92. The van der Waals surface area contributed by atoms with Gasteiger partial charge >= 0.3 is 0 Å². The summed E-state index contributed by atoms with van der Waals surface area (Å²) in [6.07, 6.45) is -1.34. The number of hydrogen-bond donors (Lipinski definition) is 1. The predicted molar refractivity (Wildman–Crippen MR) is 87.5 cm³/mol. The molecule has 0 radical (unpaired) electrons. The molecule has 7 heteroatoms. The molecule has 0 bridgehead atoms. The second kappa shape index (κ2) is 7.21. The summed E-state index contributed by atoms with van der Waals surface area (Å²) in [6.45, 7) is 0. The minimum Gasteiger partial charge on any atom is -0.507 e. The largest absolute Gasteiger partial charge is 0.507 e. The van der Waals surface area contributed by atoms with E-state index in [1.54, 1.807) is 42.5 Å². The molecule has 0 aliphatic heterocycles.